The largest absolute Gasteiger partial charge is 0.508 e. The molecular formula is C48H83NO9. The van der Waals surface area contributed by atoms with E-state index in [1.807, 2.05) is 6.08 Å². The molecule has 334 valence electrons. The van der Waals surface area contributed by atoms with Gasteiger partial charge in [-0.3, -0.25) is 14.4 Å². The van der Waals surface area contributed by atoms with Gasteiger partial charge in [0.25, 0.3) is 0 Å². The fourth-order valence-electron chi connectivity index (χ4n) is 6.61. The first-order chi connectivity index (χ1) is 28.4. The molecule has 0 saturated carbocycles. The monoisotopic (exact) mass is 818 g/mol. The van der Waals surface area contributed by atoms with Gasteiger partial charge in [0.1, 0.15) is 19.3 Å². The molecular weight excluding hydrogens is 735 g/mol. The smallest absolute Gasteiger partial charge is 0.462 e. The number of carbonyl (C=O) groups excluding carboxylic acids is 4. The second kappa shape index (κ2) is 39.3. The Balaban J connectivity index is 2.52. The van der Waals surface area contributed by atoms with Crippen molar-refractivity contribution in [3.63, 3.8) is 0 Å². The Bertz CT molecular complexity index is 1100. The number of rotatable bonds is 40. The first-order valence-corrected chi connectivity index (χ1v) is 23.3. The van der Waals surface area contributed by atoms with E-state index in [1.165, 1.54) is 32.1 Å². The van der Waals surface area contributed by atoms with Crippen molar-refractivity contribution in [3.05, 3.63) is 37.0 Å². The molecule has 1 rings (SSSR count). The van der Waals surface area contributed by atoms with Crippen LogP contribution in [0.4, 0.5) is 4.79 Å². The summed E-state index contributed by atoms with van der Waals surface area (Å²) in [6.07, 6.45) is 34.3. The van der Waals surface area contributed by atoms with Gasteiger partial charge in [-0.15, -0.1) is 6.58 Å². The number of hydrogen-bond acceptors (Lipinski definition) is 10. The Labute approximate surface area is 353 Å². The third-order valence-electron chi connectivity index (χ3n) is 10.4. The summed E-state index contributed by atoms with van der Waals surface area (Å²) in [5.74, 6) is -1.26. The number of carbonyl (C=O) groups is 4. The molecule has 0 aromatic heterocycles. The molecule has 0 bridgehead atoms. The molecule has 1 aliphatic heterocycles. The minimum atomic E-state index is -0.927. The van der Waals surface area contributed by atoms with Crippen LogP contribution in [0, 0.1) is 0 Å². The zero-order valence-electron chi connectivity index (χ0n) is 36.9. The van der Waals surface area contributed by atoms with Gasteiger partial charge in [0, 0.05) is 25.8 Å². The number of ether oxygens (including phenoxy) is 5. The molecule has 1 fully saturated rings. The second-order valence-corrected chi connectivity index (χ2v) is 15.8. The van der Waals surface area contributed by atoms with E-state index >= 15 is 0 Å². The van der Waals surface area contributed by atoms with Crippen LogP contribution in [-0.4, -0.2) is 80.6 Å². The third kappa shape index (κ3) is 33.8. The molecule has 0 aromatic rings. The third-order valence-corrected chi connectivity index (χ3v) is 10.4. The minimum absolute atomic E-state index is 0.00308. The summed E-state index contributed by atoms with van der Waals surface area (Å²) in [5.41, 5.74) is 0. The van der Waals surface area contributed by atoms with E-state index < -0.39 is 24.3 Å². The highest BCUT2D eigenvalue weighted by atomic mass is 16.7. The van der Waals surface area contributed by atoms with Crippen LogP contribution in [0.15, 0.2) is 37.0 Å². The summed E-state index contributed by atoms with van der Waals surface area (Å²) in [6, 6.07) is 0. The maximum atomic E-state index is 13.1. The summed E-state index contributed by atoms with van der Waals surface area (Å²) < 4.78 is 27.7. The molecule has 58 heavy (non-hydrogen) atoms. The van der Waals surface area contributed by atoms with Crippen LogP contribution in [0.25, 0.3) is 0 Å². The second-order valence-electron chi connectivity index (χ2n) is 15.8. The van der Waals surface area contributed by atoms with Gasteiger partial charge < -0.3 is 28.6 Å². The summed E-state index contributed by atoms with van der Waals surface area (Å²) in [5, 5.41) is 0. The number of likely N-dealkylation sites (tertiary alicyclic amines) is 1. The standard InChI is InChI=1S/C48H83NO9/c1-4-7-10-13-15-16-17-18-19-20-21-22-24-26-29-34-46(51)56-42-44(41-55-45(50)33-28-25-23-14-11-8-5-2)57-47(52)36-35-43(32-27-12-9-6-3)58-48(53)54-40-31-39-49-37-30-38-49/h5,15-16,18-19,43-44H,2,4,6-14,17,20-42H2,1,3H3/b16-15-,19-18-. The van der Waals surface area contributed by atoms with Crippen molar-refractivity contribution in [2.75, 3.05) is 39.5 Å². The Morgan fingerprint density at radius 1 is 0.552 bits per heavy atom. The predicted molar refractivity (Wildman–Crippen MR) is 234 cm³/mol. The van der Waals surface area contributed by atoms with Crippen LogP contribution in [-0.2, 0) is 38.1 Å². The molecule has 10 heteroatoms. The van der Waals surface area contributed by atoms with Crippen LogP contribution in [0.2, 0.25) is 0 Å². The molecule has 0 aromatic carbocycles. The lowest BCUT2D eigenvalue weighted by molar-refractivity contribution is -0.167. The zero-order chi connectivity index (χ0) is 42.2. The maximum absolute atomic E-state index is 13.1. The summed E-state index contributed by atoms with van der Waals surface area (Å²) in [4.78, 5) is 53.0. The van der Waals surface area contributed by atoms with E-state index in [1.54, 1.807) is 0 Å². The predicted octanol–water partition coefficient (Wildman–Crippen LogP) is 12.1. The molecule has 0 spiro atoms. The van der Waals surface area contributed by atoms with Crippen molar-refractivity contribution < 1.29 is 42.9 Å². The lowest BCUT2D eigenvalue weighted by Gasteiger charge is -2.30. The number of nitrogens with zero attached hydrogens (tertiary/aromatic N) is 1. The highest BCUT2D eigenvalue weighted by molar-refractivity contribution is 5.71. The van der Waals surface area contributed by atoms with E-state index in [-0.39, 0.29) is 50.8 Å². The van der Waals surface area contributed by atoms with E-state index in [4.69, 9.17) is 23.7 Å². The topological polar surface area (TPSA) is 118 Å². The fraction of sp³-hybridized carbons (Fsp3) is 0.792. The first-order valence-electron chi connectivity index (χ1n) is 23.3. The molecule has 0 amide bonds. The molecule has 2 atom stereocenters. The van der Waals surface area contributed by atoms with Gasteiger partial charge in [-0.05, 0) is 103 Å². The van der Waals surface area contributed by atoms with Crippen LogP contribution < -0.4 is 0 Å². The maximum Gasteiger partial charge on any atom is 0.508 e. The van der Waals surface area contributed by atoms with Gasteiger partial charge in [-0.2, -0.15) is 0 Å². The van der Waals surface area contributed by atoms with Gasteiger partial charge in [0.15, 0.2) is 6.10 Å². The Morgan fingerprint density at radius 3 is 1.69 bits per heavy atom. The van der Waals surface area contributed by atoms with Crippen molar-refractivity contribution in [1.82, 2.24) is 4.90 Å². The van der Waals surface area contributed by atoms with Crippen molar-refractivity contribution in [2.24, 2.45) is 0 Å². The molecule has 1 saturated heterocycles. The van der Waals surface area contributed by atoms with Gasteiger partial charge in [0.05, 0.1) is 6.61 Å². The summed E-state index contributed by atoms with van der Waals surface area (Å²) in [7, 11) is 0. The lowest BCUT2D eigenvalue weighted by Crippen LogP contribution is -2.38. The number of esters is 3. The Kier molecular flexibility index (Phi) is 35.9. The normalized spacial score (nSPS) is 13.9. The summed E-state index contributed by atoms with van der Waals surface area (Å²) >= 11 is 0. The van der Waals surface area contributed by atoms with Crippen molar-refractivity contribution >= 4 is 24.1 Å². The van der Waals surface area contributed by atoms with Crippen LogP contribution in [0.3, 0.4) is 0 Å². The lowest BCUT2D eigenvalue weighted by atomic mass is 10.1. The summed E-state index contributed by atoms with van der Waals surface area (Å²) in [6.45, 7) is 11.1. The first kappa shape index (κ1) is 52.9. The van der Waals surface area contributed by atoms with Crippen LogP contribution >= 0.6 is 0 Å². The number of unbranched alkanes of at least 4 members (excludes halogenated alkanes) is 16. The quantitative estimate of drug-likeness (QED) is 0.0256. The zero-order valence-corrected chi connectivity index (χ0v) is 36.9. The van der Waals surface area contributed by atoms with Crippen molar-refractivity contribution in [3.8, 4) is 0 Å². The molecule has 10 nitrogen and oxygen atoms in total. The molecule has 0 N–H and O–H groups in total. The van der Waals surface area contributed by atoms with Gasteiger partial charge >= 0.3 is 24.1 Å². The molecule has 0 radical (unpaired) electrons. The highest BCUT2D eigenvalue weighted by Gasteiger charge is 2.23. The highest BCUT2D eigenvalue weighted by Crippen LogP contribution is 2.17. The number of hydrogen-bond donors (Lipinski definition) is 0. The van der Waals surface area contributed by atoms with Crippen LogP contribution in [0.1, 0.15) is 194 Å². The van der Waals surface area contributed by atoms with E-state index in [2.05, 4.69) is 49.6 Å². The van der Waals surface area contributed by atoms with E-state index in [0.29, 0.717) is 13.0 Å². The van der Waals surface area contributed by atoms with Crippen molar-refractivity contribution in [2.45, 2.75) is 206 Å². The average molecular weight is 818 g/mol. The minimum Gasteiger partial charge on any atom is -0.462 e. The fourth-order valence-corrected chi connectivity index (χ4v) is 6.61. The average Bonchev–Trinajstić information content (AvgIpc) is 3.19. The van der Waals surface area contributed by atoms with Crippen molar-refractivity contribution in [1.29, 1.82) is 0 Å². The molecule has 0 aliphatic carbocycles. The van der Waals surface area contributed by atoms with Crippen LogP contribution in [0.5, 0.6) is 0 Å². The van der Waals surface area contributed by atoms with Gasteiger partial charge in [0.2, 0.25) is 0 Å². The SMILES string of the molecule is C=CCCCCCCCC(=O)OCC(COC(=O)CCCCCCC/C=C\C/C=C\CCCCC)OC(=O)CCC(CCCCCC)OC(=O)OCCCN1CCC1. The Hall–Kier alpha value is -3.14. The molecule has 1 heterocycles. The molecule has 1 aliphatic rings. The number of allylic oxidation sites excluding steroid dienone is 5. The van der Waals surface area contributed by atoms with E-state index in [0.717, 1.165) is 135 Å². The van der Waals surface area contributed by atoms with Gasteiger partial charge in [-0.1, -0.05) is 115 Å². The van der Waals surface area contributed by atoms with E-state index in [9.17, 15) is 19.2 Å². The van der Waals surface area contributed by atoms with Gasteiger partial charge in [-0.25, -0.2) is 4.79 Å². The Morgan fingerprint density at radius 2 is 1.10 bits per heavy atom. The molecule has 2 unspecified atom stereocenters.